The minimum atomic E-state index is -2.77. The molecule has 0 N–H and O–H groups in total. The highest BCUT2D eigenvalue weighted by Gasteiger charge is 2.16. The number of halogens is 2. The number of hydrogen-bond acceptors (Lipinski definition) is 2. The fourth-order valence-electron chi connectivity index (χ4n) is 0.652. The molecule has 0 aromatic carbocycles. The lowest BCUT2D eigenvalue weighted by Gasteiger charge is -2.08. The predicted octanol–water partition coefficient (Wildman–Crippen LogP) is 3.63. The molecular formula is C6H13BrClO2P. The zero-order valence-electron chi connectivity index (χ0n) is 6.56. The normalized spacial score (nSPS) is 16.3. The number of alkyl halides is 1. The third kappa shape index (κ3) is 7.32. The summed E-state index contributed by atoms with van der Waals surface area (Å²) in [7, 11) is 0. The van der Waals surface area contributed by atoms with Gasteiger partial charge in [0.15, 0.2) is 0 Å². The highest BCUT2D eigenvalue weighted by molar-refractivity contribution is 9.09. The van der Waals surface area contributed by atoms with Crippen LogP contribution in [-0.4, -0.2) is 18.1 Å². The first-order valence-electron chi connectivity index (χ1n) is 3.61. The zero-order valence-corrected chi connectivity index (χ0v) is 9.79. The molecule has 0 bridgehead atoms. The Morgan fingerprint density at radius 2 is 2.18 bits per heavy atom. The van der Waals surface area contributed by atoms with E-state index in [0.717, 1.165) is 18.2 Å². The van der Waals surface area contributed by atoms with E-state index in [-0.39, 0.29) is 0 Å². The van der Waals surface area contributed by atoms with Gasteiger partial charge in [-0.1, -0.05) is 15.9 Å². The average Bonchev–Trinajstić information content (AvgIpc) is 1.87. The van der Waals surface area contributed by atoms with Crippen LogP contribution in [0, 0.1) is 0 Å². The Labute approximate surface area is 81.0 Å². The van der Waals surface area contributed by atoms with E-state index in [2.05, 4.69) is 15.9 Å². The molecule has 0 aliphatic heterocycles. The fraction of sp³-hybridized carbons (Fsp3) is 1.00. The van der Waals surface area contributed by atoms with Crippen molar-refractivity contribution in [3.63, 3.8) is 0 Å². The van der Waals surface area contributed by atoms with Crippen LogP contribution in [0.25, 0.3) is 0 Å². The summed E-state index contributed by atoms with van der Waals surface area (Å²) in [6.45, 7) is -0.554. The van der Waals surface area contributed by atoms with Crippen LogP contribution >= 0.6 is 33.9 Å². The van der Waals surface area contributed by atoms with E-state index >= 15 is 0 Å². The van der Waals surface area contributed by atoms with E-state index in [9.17, 15) is 4.57 Å². The topological polar surface area (TPSA) is 26.3 Å². The van der Waals surface area contributed by atoms with Crippen molar-refractivity contribution in [1.82, 2.24) is 0 Å². The lowest BCUT2D eigenvalue weighted by atomic mass is 10.4. The zero-order chi connectivity index (χ0) is 8.74. The molecule has 0 aliphatic rings. The molecule has 11 heavy (non-hydrogen) atoms. The maximum atomic E-state index is 11.2. The maximum Gasteiger partial charge on any atom is 0.290 e. The Morgan fingerprint density at radius 3 is 2.64 bits per heavy atom. The molecule has 0 rings (SSSR count). The molecule has 0 fully saturated rings. The van der Waals surface area contributed by atoms with Crippen molar-refractivity contribution in [3.05, 3.63) is 0 Å². The van der Waals surface area contributed by atoms with Crippen molar-refractivity contribution in [3.8, 4) is 0 Å². The van der Waals surface area contributed by atoms with Gasteiger partial charge >= 0.3 is 0 Å². The Balaban J connectivity index is 3.47. The molecule has 0 aromatic rings. The van der Waals surface area contributed by atoms with E-state index in [1.165, 1.54) is 0 Å². The molecule has 0 saturated heterocycles. The molecule has 5 heteroatoms. The summed E-state index contributed by atoms with van der Waals surface area (Å²) in [5.74, 6) is 0. The van der Waals surface area contributed by atoms with Gasteiger partial charge in [-0.25, -0.2) is 0 Å². The summed E-state index contributed by atoms with van der Waals surface area (Å²) in [6, 6.07) is 0. The second kappa shape index (κ2) is 6.47. The number of unbranched alkanes of at least 4 members (excludes halogenated alkanes) is 1. The van der Waals surface area contributed by atoms with Gasteiger partial charge in [-0.3, -0.25) is 4.57 Å². The summed E-state index contributed by atoms with van der Waals surface area (Å²) < 4.78 is 16.1. The van der Waals surface area contributed by atoms with Crippen molar-refractivity contribution in [1.29, 1.82) is 0 Å². The highest BCUT2D eigenvalue weighted by Crippen LogP contribution is 2.52. The van der Waals surface area contributed by atoms with Crippen LogP contribution in [0.15, 0.2) is 0 Å². The van der Waals surface area contributed by atoms with Gasteiger partial charge in [0.05, 0.1) is 6.61 Å². The van der Waals surface area contributed by atoms with E-state index in [0.29, 0.717) is 12.8 Å². The van der Waals surface area contributed by atoms with Gasteiger partial charge in [-0.15, -0.1) is 0 Å². The minimum absolute atomic E-state index is 0.426. The summed E-state index contributed by atoms with van der Waals surface area (Å²) in [5, 5.41) is 0.927. The smallest absolute Gasteiger partial charge is 0.290 e. The van der Waals surface area contributed by atoms with Crippen molar-refractivity contribution in [2.75, 3.05) is 18.1 Å². The molecule has 0 aromatic heterocycles. The molecular weight excluding hydrogens is 250 g/mol. The summed E-state index contributed by atoms with van der Waals surface area (Å²) in [4.78, 5) is 0. The first-order chi connectivity index (χ1) is 5.12. The molecule has 0 spiro atoms. The standard InChI is InChI=1S/C6H13BrClO2P/c1-2-10-11(8,9)6-4-3-5-7/h2-6H2,1H3. The van der Waals surface area contributed by atoms with E-state index in [1.54, 1.807) is 6.92 Å². The quantitative estimate of drug-likeness (QED) is 0.415. The SMILES string of the molecule is CCOP(=O)(Cl)CCCCBr. The lowest BCUT2D eigenvalue weighted by molar-refractivity contribution is 0.344. The maximum absolute atomic E-state index is 11.2. The molecule has 0 radical (unpaired) electrons. The van der Waals surface area contributed by atoms with Crippen molar-refractivity contribution in [2.45, 2.75) is 19.8 Å². The molecule has 1 atom stereocenters. The third-order valence-electron chi connectivity index (χ3n) is 1.13. The lowest BCUT2D eigenvalue weighted by Crippen LogP contribution is -1.90. The van der Waals surface area contributed by atoms with Gasteiger partial charge in [0, 0.05) is 11.5 Å². The van der Waals surface area contributed by atoms with Crippen LogP contribution in [0.3, 0.4) is 0 Å². The van der Waals surface area contributed by atoms with Crippen LogP contribution in [0.4, 0.5) is 0 Å². The number of rotatable bonds is 6. The Bertz CT molecular complexity index is 143. The van der Waals surface area contributed by atoms with Crippen molar-refractivity contribution >= 4 is 33.9 Å². The monoisotopic (exact) mass is 262 g/mol. The molecule has 1 unspecified atom stereocenters. The van der Waals surface area contributed by atoms with Crippen LogP contribution < -0.4 is 0 Å². The van der Waals surface area contributed by atoms with Gasteiger partial charge in [-0.05, 0) is 31.0 Å². The Morgan fingerprint density at radius 1 is 1.55 bits per heavy atom. The highest BCUT2D eigenvalue weighted by atomic mass is 79.9. The first kappa shape index (κ1) is 12.0. The van der Waals surface area contributed by atoms with Crippen LogP contribution in [-0.2, 0) is 9.09 Å². The summed E-state index contributed by atoms with van der Waals surface area (Å²) >= 11 is 8.87. The largest absolute Gasteiger partial charge is 0.318 e. The minimum Gasteiger partial charge on any atom is -0.318 e. The summed E-state index contributed by atoms with van der Waals surface area (Å²) in [6.07, 6.45) is 2.32. The molecule has 0 aliphatic carbocycles. The van der Waals surface area contributed by atoms with Crippen molar-refractivity contribution in [2.24, 2.45) is 0 Å². The predicted molar refractivity (Wildman–Crippen MR) is 53.0 cm³/mol. The Hall–Kier alpha value is 0.960. The fourth-order valence-corrected chi connectivity index (χ4v) is 2.82. The molecule has 0 amide bonds. The van der Waals surface area contributed by atoms with Crippen molar-refractivity contribution < 1.29 is 9.09 Å². The third-order valence-corrected chi connectivity index (χ3v) is 3.99. The van der Waals surface area contributed by atoms with Gasteiger partial charge in [0.2, 0.25) is 0 Å². The van der Waals surface area contributed by atoms with E-state index < -0.39 is 6.72 Å². The van der Waals surface area contributed by atoms with E-state index in [1.807, 2.05) is 0 Å². The second-order valence-corrected chi connectivity index (χ2v) is 6.35. The number of hydrogen-bond donors (Lipinski definition) is 0. The van der Waals surface area contributed by atoms with Crippen LogP contribution in [0.1, 0.15) is 19.8 Å². The van der Waals surface area contributed by atoms with Crippen LogP contribution in [0.5, 0.6) is 0 Å². The van der Waals surface area contributed by atoms with Crippen LogP contribution in [0.2, 0.25) is 0 Å². The van der Waals surface area contributed by atoms with Gasteiger partial charge in [0.1, 0.15) is 0 Å². The first-order valence-corrected chi connectivity index (χ1v) is 7.45. The summed E-state index contributed by atoms with van der Waals surface area (Å²) in [5.41, 5.74) is 0. The molecule has 68 valence electrons. The van der Waals surface area contributed by atoms with E-state index in [4.69, 9.17) is 15.8 Å². The molecule has 0 heterocycles. The van der Waals surface area contributed by atoms with Gasteiger partial charge < -0.3 is 4.52 Å². The second-order valence-electron chi connectivity index (χ2n) is 2.13. The van der Waals surface area contributed by atoms with Gasteiger partial charge in [-0.2, -0.15) is 0 Å². The Kier molecular flexibility index (Phi) is 7.04. The van der Waals surface area contributed by atoms with Gasteiger partial charge in [0.25, 0.3) is 6.72 Å². The molecule has 0 saturated carbocycles. The average molecular weight is 263 g/mol. The molecule has 2 nitrogen and oxygen atoms in total.